The van der Waals surface area contributed by atoms with Crippen LogP contribution in [0.3, 0.4) is 0 Å². The third-order valence-corrected chi connectivity index (χ3v) is 4.24. The molecule has 0 aromatic carbocycles. The molecule has 76 valence electrons. The smallest absolute Gasteiger partial charge is 0.0220 e. The third-order valence-electron chi connectivity index (χ3n) is 3.12. The first kappa shape index (κ1) is 9.94. The SMILES string of the molecule is C=CCC1(c2cccs2)CCN(C)C1. The predicted octanol–water partition coefficient (Wildman–Crippen LogP) is 2.90. The van der Waals surface area contributed by atoms with Crippen LogP contribution in [0.25, 0.3) is 0 Å². The van der Waals surface area contributed by atoms with Crippen molar-refractivity contribution >= 4 is 11.3 Å². The van der Waals surface area contributed by atoms with Crippen molar-refractivity contribution in [3.8, 4) is 0 Å². The molecule has 0 saturated carbocycles. The molecule has 1 aliphatic heterocycles. The number of thiophene rings is 1. The number of rotatable bonds is 3. The molecule has 1 aromatic heterocycles. The Kier molecular flexibility index (Phi) is 2.75. The van der Waals surface area contributed by atoms with Crippen LogP contribution in [0.4, 0.5) is 0 Å². The number of hydrogen-bond donors (Lipinski definition) is 0. The first-order valence-corrected chi connectivity index (χ1v) is 5.98. The molecule has 2 rings (SSSR count). The lowest BCUT2D eigenvalue weighted by molar-refractivity contribution is 0.372. The van der Waals surface area contributed by atoms with Crippen molar-refractivity contribution in [2.24, 2.45) is 0 Å². The topological polar surface area (TPSA) is 3.24 Å². The third kappa shape index (κ3) is 1.64. The Bertz CT molecular complexity index is 304. The molecule has 0 bridgehead atoms. The molecule has 1 fully saturated rings. The zero-order valence-electron chi connectivity index (χ0n) is 8.70. The Labute approximate surface area is 90.1 Å². The molecule has 2 heteroatoms. The van der Waals surface area contributed by atoms with Gasteiger partial charge in [0.15, 0.2) is 0 Å². The quantitative estimate of drug-likeness (QED) is 0.689. The van der Waals surface area contributed by atoms with Gasteiger partial charge in [-0.25, -0.2) is 0 Å². The second-order valence-electron chi connectivity index (χ2n) is 4.24. The highest BCUT2D eigenvalue weighted by Gasteiger charge is 2.37. The molecule has 0 aliphatic carbocycles. The number of allylic oxidation sites excluding steroid dienone is 1. The van der Waals surface area contributed by atoms with Gasteiger partial charge in [0.05, 0.1) is 0 Å². The highest BCUT2D eigenvalue weighted by molar-refractivity contribution is 7.10. The summed E-state index contributed by atoms with van der Waals surface area (Å²) in [5.74, 6) is 0. The van der Waals surface area contributed by atoms with Crippen molar-refractivity contribution in [1.82, 2.24) is 4.90 Å². The molecule has 1 atom stereocenters. The summed E-state index contributed by atoms with van der Waals surface area (Å²) in [7, 11) is 2.21. The minimum atomic E-state index is 0.366. The molecule has 1 unspecified atom stereocenters. The molecular formula is C12H17NS. The van der Waals surface area contributed by atoms with E-state index < -0.39 is 0 Å². The van der Waals surface area contributed by atoms with Gasteiger partial charge in [0.25, 0.3) is 0 Å². The van der Waals surface area contributed by atoms with Crippen LogP contribution in [0.2, 0.25) is 0 Å². The molecule has 1 nitrogen and oxygen atoms in total. The number of nitrogens with zero attached hydrogens (tertiary/aromatic N) is 1. The summed E-state index contributed by atoms with van der Waals surface area (Å²) in [6, 6.07) is 4.43. The monoisotopic (exact) mass is 207 g/mol. The maximum absolute atomic E-state index is 3.89. The summed E-state index contributed by atoms with van der Waals surface area (Å²) in [5.41, 5.74) is 0.366. The first-order chi connectivity index (χ1) is 6.77. The second kappa shape index (κ2) is 3.87. The molecule has 0 amide bonds. The van der Waals surface area contributed by atoms with Crippen molar-refractivity contribution in [1.29, 1.82) is 0 Å². The fourth-order valence-corrected chi connectivity index (χ4v) is 3.37. The van der Waals surface area contributed by atoms with Crippen LogP contribution in [-0.2, 0) is 5.41 Å². The lowest BCUT2D eigenvalue weighted by atomic mass is 9.82. The van der Waals surface area contributed by atoms with E-state index in [0.29, 0.717) is 5.41 Å². The molecule has 14 heavy (non-hydrogen) atoms. The van der Waals surface area contributed by atoms with Gasteiger partial charge < -0.3 is 4.90 Å². The highest BCUT2D eigenvalue weighted by atomic mass is 32.1. The molecule has 1 saturated heterocycles. The van der Waals surface area contributed by atoms with E-state index in [-0.39, 0.29) is 0 Å². The molecule has 2 heterocycles. The van der Waals surface area contributed by atoms with E-state index in [1.54, 1.807) is 0 Å². The Morgan fingerprint density at radius 2 is 2.57 bits per heavy atom. The summed E-state index contributed by atoms with van der Waals surface area (Å²) in [4.78, 5) is 3.95. The lowest BCUT2D eigenvalue weighted by Gasteiger charge is -2.26. The van der Waals surface area contributed by atoms with Crippen molar-refractivity contribution in [3.63, 3.8) is 0 Å². The van der Waals surface area contributed by atoms with Crippen molar-refractivity contribution in [2.45, 2.75) is 18.3 Å². The van der Waals surface area contributed by atoms with Gasteiger partial charge in [-0.15, -0.1) is 17.9 Å². The van der Waals surface area contributed by atoms with E-state index in [9.17, 15) is 0 Å². The van der Waals surface area contributed by atoms with Crippen LogP contribution in [-0.4, -0.2) is 25.0 Å². The van der Waals surface area contributed by atoms with Crippen LogP contribution in [0.1, 0.15) is 17.7 Å². The minimum Gasteiger partial charge on any atom is -0.305 e. The Hall–Kier alpha value is -0.600. The van der Waals surface area contributed by atoms with Crippen molar-refractivity contribution in [3.05, 3.63) is 35.0 Å². The number of likely N-dealkylation sites (tertiary alicyclic amines) is 1. The largest absolute Gasteiger partial charge is 0.305 e. The van der Waals surface area contributed by atoms with E-state index >= 15 is 0 Å². The fraction of sp³-hybridized carbons (Fsp3) is 0.500. The maximum atomic E-state index is 3.89. The average molecular weight is 207 g/mol. The summed E-state index contributed by atoms with van der Waals surface area (Å²) in [6.45, 7) is 6.28. The molecule has 0 N–H and O–H groups in total. The zero-order chi connectivity index (χ0) is 10.0. The summed E-state index contributed by atoms with van der Waals surface area (Å²) in [5, 5.41) is 2.18. The molecule has 1 aliphatic rings. The number of likely N-dealkylation sites (N-methyl/N-ethyl adjacent to an activating group) is 1. The predicted molar refractivity (Wildman–Crippen MR) is 62.9 cm³/mol. The Balaban J connectivity index is 2.27. The van der Waals surface area contributed by atoms with E-state index in [1.165, 1.54) is 24.4 Å². The Morgan fingerprint density at radius 1 is 1.71 bits per heavy atom. The molecular weight excluding hydrogens is 190 g/mol. The Morgan fingerprint density at radius 3 is 3.07 bits per heavy atom. The normalized spacial score (nSPS) is 28.1. The molecule has 1 aromatic rings. The van der Waals surface area contributed by atoms with Gasteiger partial charge in [-0.2, -0.15) is 0 Å². The van der Waals surface area contributed by atoms with E-state index in [2.05, 4.69) is 42.1 Å². The fourth-order valence-electron chi connectivity index (χ4n) is 2.40. The van der Waals surface area contributed by atoms with Crippen LogP contribution in [0, 0.1) is 0 Å². The van der Waals surface area contributed by atoms with Gasteiger partial charge in [-0.05, 0) is 37.9 Å². The maximum Gasteiger partial charge on any atom is 0.0220 e. The van der Waals surface area contributed by atoms with Crippen molar-refractivity contribution in [2.75, 3.05) is 20.1 Å². The number of hydrogen-bond acceptors (Lipinski definition) is 2. The van der Waals surface area contributed by atoms with Crippen LogP contribution in [0.5, 0.6) is 0 Å². The van der Waals surface area contributed by atoms with Gasteiger partial charge in [0, 0.05) is 16.8 Å². The minimum absolute atomic E-state index is 0.366. The van der Waals surface area contributed by atoms with Gasteiger partial charge in [-0.3, -0.25) is 0 Å². The lowest BCUT2D eigenvalue weighted by Crippen LogP contribution is -2.28. The van der Waals surface area contributed by atoms with Crippen LogP contribution >= 0.6 is 11.3 Å². The summed E-state index contributed by atoms with van der Waals surface area (Å²) < 4.78 is 0. The first-order valence-electron chi connectivity index (χ1n) is 5.10. The highest BCUT2D eigenvalue weighted by Crippen LogP contribution is 2.39. The van der Waals surface area contributed by atoms with Crippen LogP contribution < -0.4 is 0 Å². The summed E-state index contributed by atoms with van der Waals surface area (Å²) in [6.07, 6.45) is 4.45. The van der Waals surface area contributed by atoms with E-state index in [4.69, 9.17) is 0 Å². The standard InChI is InChI=1S/C12H17NS/c1-3-6-12(7-8-13(2)10-12)11-5-4-9-14-11/h3-5,9H,1,6-8,10H2,2H3. The van der Waals surface area contributed by atoms with Crippen LogP contribution in [0.15, 0.2) is 30.2 Å². The average Bonchev–Trinajstić information content (AvgIpc) is 2.75. The molecule has 0 radical (unpaired) electrons. The van der Waals surface area contributed by atoms with Gasteiger partial charge in [-0.1, -0.05) is 12.1 Å². The van der Waals surface area contributed by atoms with E-state index in [0.717, 1.165) is 6.42 Å². The van der Waals surface area contributed by atoms with Gasteiger partial charge >= 0.3 is 0 Å². The van der Waals surface area contributed by atoms with Gasteiger partial charge in [0.1, 0.15) is 0 Å². The second-order valence-corrected chi connectivity index (χ2v) is 5.19. The zero-order valence-corrected chi connectivity index (χ0v) is 9.52. The summed E-state index contributed by atoms with van der Waals surface area (Å²) >= 11 is 1.89. The van der Waals surface area contributed by atoms with E-state index in [1.807, 2.05) is 11.3 Å². The van der Waals surface area contributed by atoms with Crippen molar-refractivity contribution < 1.29 is 0 Å². The molecule has 0 spiro atoms. The van der Waals surface area contributed by atoms with Gasteiger partial charge in [0.2, 0.25) is 0 Å².